The highest BCUT2D eigenvalue weighted by Crippen LogP contribution is 2.27. The molecule has 0 bridgehead atoms. The van der Waals surface area contributed by atoms with Crippen LogP contribution in [0.5, 0.6) is 0 Å². The molecule has 27 heavy (non-hydrogen) atoms. The average molecular weight is 382 g/mol. The predicted octanol–water partition coefficient (Wildman–Crippen LogP) is 3.34. The lowest BCUT2D eigenvalue weighted by molar-refractivity contribution is 0.0571. The number of rotatable bonds is 4. The molecular weight excluding hydrogens is 358 g/mol. The van der Waals surface area contributed by atoms with Crippen molar-refractivity contribution in [3.05, 3.63) is 53.7 Å². The molecule has 1 fully saturated rings. The number of nitrogens with two attached hydrogens (primary N) is 1. The quantitative estimate of drug-likeness (QED) is 0.752. The molecule has 2 atom stereocenters. The van der Waals surface area contributed by atoms with Gasteiger partial charge in [0.05, 0.1) is 10.6 Å². The molecule has 3 heterocycles. The van der Waals surface area contributed by atoms with Crippen LogP contribution in [0.3, 0.4) is 0 Å². The maximum absolute atomic E-state index is 13.2. The van der Waals surface area contributed by atoms with E-state index in [1.165, 1.54) is 0 Å². The van der Waals surface area contributed by atoms with Crippen molar-refractivity contribution in [3.63, 3.8) is 0 Å². The van der Waals surface area contributed by atoms with Crippen molar-refractivity contribution in [3.8, 4) is 16.4 Å². The molecule has 1 aliphatic rings. The lowest BCUT2D eigenvalue weighted by Crippen LogP contribution is -2.51. The van der Waals surface area contributed by atoms with Gasteiger partial charge in [-0.25, -0.2) is 9.67 Å². The van der Waals surface area contributed by atoms with Gasteiger partial charge in [0.25, 0.3) is 5.91 Å². The Balaban J connectivity index is 1.74. The number of nitrogens with zero attached hydrogens (tertiary/aromatic N) is 4. The first kappa shape index (κ1) is 17.9. The lowest BCUT2D eigenvalue weighted by Gasteiger charge is -2.37. The van der Waals surface area contributed by atoms with Gasteiger partial charge in [0.15, 0.2) is 5.82 Å². The molecule has 1 aromatic carbocycles. The molecule has 1 aliphatic heterocycles. The van der Waals surface area contributed by atoms with E-state index in [4.69, 9.17) is 5.73 Å². The lowest BCUT2D eigenvalue weighted by atomic mass is 9.97. The van der Waals surface area contributed by atoms with E-state index in [1.807, 2.05) is 59.7 Å². The maximum Gasteiger partial charge on any atom is 0.293 e. The summed E-state index contributed by atoms with van der Waals surface area (Å²) >= 11 is 1.58. The largest absolute Gasteiger partial charge is 0.331 e. The Morgan fingerprint density at radius 2 is 2.04 bits per heavy atom. The fourth-order valence-electron chi connectivity index (χ4n) is 3.60. The third-order valence-electron chi connectivity index (χ3n) is 4.96. The van der Waals surface area contributed by atoms with Gasteiger partial charge in [0, 0.05) is 18.6 Å². The summed E-state index contributed by atoms with van der Waals surface area (Å²) in [6.45, 7) is 2.67. The fraction of sp³-hybridized carbons (Fsp3) is 0.350. The smallest absolute Gasteiger partial charge is 0.293 e. The van der Waals surface area contributed by atoms with E-state index in [0.29, 0.717) is 12.4 Å². The van der Waals surface area contributed by atoms with Gasteiger partial charge < -0.3 is 10.6 Å². The fourth-order valence-corrected chi connectivity index (χ4v) is 4.30. The number of benzene rings is 1. The number of thiophene rings is 1. The first-order chi connectivity index (χ1) is 13.1. The van der Waals surface area contributed by atoms with E-state index in [1.54, 1.807) is 16.0 Å². The maximum atomic E-state index is 13.2. The number of likely N-dealkylation sites (tertiary alicyclic amines) is 1. The van der Waals surface area contributed by atoms with Crippen molar-refractivity contribution in [2.45, 2.75) is 38.3 Å². The Kier molecular flexibility index (Phi) is 5.05. The molecule has 1 amide bonds. The molecule has 3 aromatic rings. The normalized spacial score (nSPS) is 18.4. The summed E-state index contributed by atoms with van der Waals surface area (Å²) < 4.78 is 1.75. The summed E-state index contributed by atoms with van der Waals surface area (Å²) in [5, 5.41) is 6.58. The minimum Gasteiger partial charge on any atom is -0.331 e. The second kappa shape index (κ2) is 7.62. The molecule has 140 valence electrons. The highest BCUT2D eigenvalue weighted by Gasteiger charge is 2.32. The summed E-state index contributed by atoms with van der Waals surface area (Å²) in [6, 6.07) is 13.7. The molecule has 0 aliphatic carbocycles. The topological polar surface area (TPSA) is 77.0 Å². The van der Waals surface area contributed by atoms with Crippen molar-refractivity contribution in [2.75, 3.05) is 6.54 Å². The molecule has 2 unspecified atom stereocenters. The second-order valence-electron chi connectivity index (χ2n) is 6.90. The van der Waals surface area contributed by atoms with Crippen LogP contribution < -0.4 is 5.73 Å². The van der Waals surface area contributed by atoms with Crippen LogP contribution in [-0.2, 0) is 0 Å². The monoisotopic (exact) mass is 381 g/mol. The number of aromatic nitrogens is 3. The third kappa shape index (κ3) is 3.52. The van der Waals surface area contributed by atoms with Crippen LogP contribution in [0.25, 0.3) is 16.4 Å². The molecule has 0 saturated carbocycles. The highest BCUT2D eigenvalue weighted by molar-refractivity contribution is 7.13. The third-order valence-corrected chi connectivity index (χ3v) is 5.82. The molecule has 4 rings (SSSR count). The van der Waals surface area contributed by atoms with Crippen LogP contribution in [0.15, 0.2) is 47.8 Å². The molecule has 0 spiro atoms. The first-order valence-electron chi connectivity index (χ1n) is 9.28. The van der Waals surface area contributed by atoms with Crippen molar-refractivity contribution in [2.24, 2.45) is 5.73 Å². The van der Waals surface area contributed by atoms with Crippen LogP contribution in [-0.4, -0.2) is 44.2 Å². The van der Waals surface area contributed by atoms with Gasteiger partial charge in [-0.05, 0) is 49.8 Å². The van der Waals surface area contributed by atoms with Crippen molar-refractivity contribution in [1.29, 1.82) is 0 Å². The van der Waals surface area contributed by atoms with Crippen molar-refractivity contribution < 1.29 is 4.79 Å². The minimum atomic E-state index is -0.135. The van der Waals surface area contributed by atoms with Gasteiger partial charge in [-0.3, -0.25) is 4.79 Å². The Labute approximate surface area is 162 Å². The second-order valence-corrected chi connectivity index (χ2v) is 7.85. The molecule has 0 radical (unpaired) electrons. The number of carbonyl (C=O) groups excluding carboxylic acids is 1. The number of piperidine rings is 1. The van der Waals surface area contributed by atoms with E-state index in [-0.39, 0.29) is 23.8 Å². The van der Waals surface area contributed by atoms with Gasteiger partial charge in [-0.2, -0.15) is 0 Å². The molecule has 2 aromatic heterocycles. The van der Waals surface area contributed by atoms with Crippen LogP contribution in [0, 0.1) is 0 Å². The average Bonchev–Trinajstić information content (AvgIpc) is 3.37. The van der Waals surface area contributed by atoms with Gasteiger partial charge in [-0.1, -0.05) is 24.3 Å². The van der Waals surface area contributed by atoms with E-state index in [9.17, 15) is 4.79 Å². The van der Waals surface area contributed by atoms with E-state index in [0.717, 1.165) is 29.8 Å². The molecule has 6 nitrogen and oxygen atoms in total. The number of hydrogen-bond acceptors (Lipinski definition) is 5. The van der Waals surface area contributed by atoms with Crippen LogP contribution >= 0.6 is 11.3 Å². The minimum absolute atomic E-state index is 0.0418. The summed E-state index contributed by atoms with van der Waals surface area (Å²) in [4.78, 5) is 20.7. The predicted molar refractivity (Wildman–Crippen MR) is 107 cm³/mol. The molecule has 1 saturated heterocycles. The standard InChI is InChI=1S/C20H23N5OS/c1-14(21)16-10-5-6-12-24(16)20(26)18-22-19(17-11-7-13-27-17)25(23-18)15-8-3-2-4-9-15/h2-4,7-9,11,13-14,16H,5-6,10,12,21H2,1H3. The number of carbonyl (C=O) groups is 1. The van der Waals surface area contributed by atoms with Gasteiger partial charge in [0.2, 0.25) is 5.82 Å². The molecule has 7 heteroatoms. The zero-order chi connectivity index (χ0) is 18.8. The van der Waals surface area contributed by atoms with Gasteiger partial charge in [-0.15, -0.1) is 16.4 Å². The summed E-state index contributed by atoms with van der Waals surface area (Å²) in [5.41, 5.74) is 7.02. The summed E-state index contributed by atoms with van der Waals surface area (Å²) in [5.74, 6) is 0.785. The zero-order valence-corrected chi connectivity index (χ0v) is 16.1. The Bertz CT molecular complexity index is 904. The van der Waals surface area contributed by atoms with Crippen LogP contribution in [0.4, 0.5) is 0 Å². The van der Waals surface area contributed by atoms with Crippen molar-refractivity contribution >= 4 is 17.2 Å². The first-order valence-corrected chi connectivity index (χ1v) is 10.2. The van der Waals surface area contributed by atoms with Crippen LogP contribution in [0.1, 0.15) is 36.8 Å². The number of para-hydroxylation sites is 1. The van der Waals surface area contributed by atoms with Gasteiger partial charge >= 0.3 is 0 Å². The molecular formula is C20H23N5OS. The van der Waals surface area contributed by atoms with Gasteiger partial charge in [0.1, 0.15) is 0 Å². The SMILES string of the molecule is CC(N)C1CCCCN1C(=O)c1nc(-c2cccs2)n(-c2ccccc2)n1. The highest BCUT2D eigenvalue weighted by atomic mass is 32.1. The number of hydrogen-bond donors (Lipinski definition) is 1. The van der Waals surface area contributed by atoms with E-state index < -0.39 is 0 Å². The molecule has 2 N–H and O–H groups in total. The Morgan fingerprint density at radius 1 is 1.22 bits per heavy atom. The summed E-state index contributed by atoms with van der Waals surface area (Å²) in [6.07, 6.45) is 3.02. The van der Waals surface area contributed by atoms with Crippen molar-refractivity contribution in [1.82, 2.24) is 19.7 Å². The number of amides is 1. The Hall–Kier alpha value is -2.51. The zero-order valence-electron chi connectivity index (χ0n) is 15.3. The Morgan fingerprint density at radius 3 is 2.74 bits per heavy atom. The van der Waals surface area contributed by atoms with E-state index >= 15 is 0 Å². The van der Waals surface area contributed by atoms with Crippen LogP contribution in [0.2, 0.25) is 0 Å². The van der Waals surface area contributed by atoms with E-state index in [2.05, 4.69) is 10.1 Å². The summed E-state index contributed by atoms with van der Waals surface area (Å²) in [7, 11) is 0.